The molecule has 1 aliphatic heterocycles. The van der Waals surface area contributed by atoms with Gasteiger partial charge in [-0.15, -0.1) is 11.6 Å². The summed E-state index contributed by atoms with van der Waals surface area (Å²) in [7, 11) is 0. The van der Waals surface area contributed by atoms with E-state index in [4.69, 9.17) is 16.4 Å². The summed E-state index contributed by atoms with van der Waals surface area (Å²) in [6.07, 6.45) is 0.857. The van der Waals surface area contributed by atoms with Gasteiger partial charge in [-0.25, -0.2) is 0 Å². The van der Waals surface area contributed by atoms with E-state index < -0.39 is 0 Å². The second-order valence-electron chi connectivity index (χ2n) is 3.89. The Hall–Kier alpha value is -1.02. The lowest BCUT2D eigenvalue weighted by Gasteiger charge is -2.07. The van der Waals surface area contributed by atoms with Crippen LogP contribution in [-0.4, -0.2) is 17.7 Å². The van der Waals surface area contributed by atoms with Gasteiger partial charge < -0.3 is 4.84 Å². The molecule has 0 spiro atoms. The van der Waals surface area contributed by atoms with Gasteiger partial charge in [-0.1, -0.05) is 23.4 Å². The first-order valence-corrected chi connectivity index (χ1v) is 5.61. The van der Waals surface area contributed by atoms with E-state index in [1.54, 1.807) is 0 Å². The average Bonchev–Trinajstić information content (AvgIpc) is 2.66. The molecule has 0 radical (unpaired) electrons. The van der Waals surface area contributed by atoms with Gasteiger partial charge in [0.05, 0.1) is 11.6 Å². The van der Waals surface area contributed by atoms with Gasteiger partial charge in [0.25, 0.3) is 0 Å². The van der Waals surface area contributed by atoms with Crippen LogP contribution in [0.2, 0.25) is 0 Å². The monoisotopic (exact) mass is 223 g/mol. The fraction of sp³-hybridized carbons (Fsp3) is 0.417. The third-order valence-corrected chi connectivity index (χ3v) is 3.02. The molecule has 80 valence electrons. The summed E-state index contributed by atoms with van der Waals surface area (Å²) in [5.74, 6) is 0.498. The van der Waals surface area contributed by atoms with Crippen LogP contribution in [0, 0.1) is 13.8 Å². The van der Waals surface area contributed by atoms with Crippen molar-refractivity contribution in [2.24, 2.45) is 5.16 Å². The molecule has 1 heterocycles. The van der Waals surface area contributed by atoms with Crippen LogP contribution in [0.25, 0.3) is 0 Å². The number of alkyl halides is 1. The number of benzene rings is 1. The van der Waals surface area contributed by atoms with E-state index in [2.05, 4.69) is 37.2 Å². The zero-order valence-corrected chi connectivity index (χ0v) is 9.71. The van der Waals surface area contributed by atoms with Crippen molar-refractivity contribution in [1.29, 1.82) is 0 Å². The Balaban J connectivity index is 2.31. The van der Waals surface area contributed by atoms with Crippen LogP contribution in [0.1, 0.15) is 23.1 Å². The van der Waals surface area contributed by atoms with Gasteiger partial charge in [0, 0.05) is 12.0 Å². The van der Waals surface area contributed by atoms with Gasteiger partial charge in [0.1, 0.15) is 6.10 Å². The molecule has 15 heavy (non-hydrogen) atoms. The summed E-state index contributed by atoms with van der Waals surface area (Å²) in [6, 6.07) is 6.25. The molecule has 0 aliphatic carbocycles. The standard InChI is InChI=1S/C12H14ClNO/c1-8-4-3-5-9(2)12(8)11-6-10(7-13)15-14-11/h3-5,10H,6-7H2,1-2H3. The van der Waals surface area contributed by atoms with Crippen molar-refractivity contribution in [2.45, 2.75) is 26.4 Å². The number of rotatable bonds is 2. The summed E-state index contributed by atoms with van der Waals surface area (Å²) in [5.41, 5.74) is 4.72. The smallest absolute Gasteiger partial charge is 0.146 e. The molecule has 1 aromatic carbocycles. The third kappa shape index (κ3) is 2.00. The largest absolute Gasteiger partial charge is 0.391 e. The van der Waals surface area contributed by atoms with Crippen LogP contribution in [-0.2, 0) is 4.84 Å². The number of halogens is 1. The number of hydrogen-bond donors (Lipinski definition) is 0. The molecule has 3 heteroatoms. The molecule has 0 bridgehead atoms. The first-order chi connectivity index (χ1) is 7.22. The fourth-order valence-electron chi connectivity index (χ4n) is 1.93. The lowest BCUT2D eigenvalue weighted by atomic mass is 9.96. The molecule has 0 N–H and O–H groups in total. The summed E-state index contributed by atoms with van der Waals surface area (Å²) in [4.78, 5) is 5.24. The van der Waals surface area contributed by atoms with Gasteiger partial charge in [-0.2, -0.15) is 0 Å². The predicted molar refractivity (Wildman–Crippen MR) is 62.7 cm³/mol. The van der Waals surface area contributed by atoms with Crippen LogP contribution >= 0.6 is 11.6 Å². The molecule has 1 aliphatic rings. The van der Waals surface area contributed by atoms with Crippen molar-refractivity contribution in [3.8, 4) is 0 Å². The van der Waals surface area contributed by atoms with Crippen LogP contribution in [0.5, 0.6) is 0 Å². The third-order valence-electron chi connectivity index (χ3n) is 2.67. The van der Waals surface area contributed by atoms with Gasteiger partial charge in [0.15, 0.2) is 0 Å². The molecule has 0 saturated carbocycles. The molecule has 0 amide bonds. The number of hydrogen-bond acceptors (Lipinski definition) is 2. The van der Waals surface area contributed by atoms with E-state index in [0.29, 0.717) is 5.88 Å². The van der Waals surface area contributed by atoms with Crippen LogP contribution in [0.4, 0.5) is 0 Å². The minimum atomic E-state index is 0.0423. The van der Waals surface area contributed by atoms with E-state index in [9.17, 15) is 0 Å². The quantitative estimate of drug-likeness (QED) is 0.707. The number of oxime groups is 1. The molecule has 1 aromatic rings. The van der Waals surface area contributed by atoms with E-state index in [1.807, 2.05) is 0 Å². The number of aryl methyl sites for hydroxylation is 2. The summed E-state index contributed by atoms with van der Waals surface area (Å²) < 4.78 is 0. The predicted octanol–water partition coefficient (Wildman–Crippen LogP) is 3.04. The van der Waals surface area contributed by atoms with E-state index in [0.717, 1.165) is 12.1 Å². The zero-order chi connectivity index (χ0) is 10.8. The average molecular weight is 224 g/mol. The highest BCUT2D eigenvalue weighted by molar-refractivity contribution is 6.18. The van der Waals surface area contributed by atoms with Crippen LogP contribution in [0.3, 0.4) is 0 Å². The van der Waals surface area contributed by atoms with E-state index in [1.165, 1.54) is 16.7 Å². The topological polar surface area (TPSA) is 21.6 Å². The Labute approximate surface area is 94.9 Å². The Bertz CT molecular complexity index is 380. The SMILES string of the molecule is Cc1cccc(C)c1C1=NOC(CCl)C1. The Morgan fingerprint density at radius 3 is 2.60 bits per heavy atom. The maximum atomic E-state index is 5.74. The Kier molecular flexibility index (Phi) is 2.96. The second-order valence-corrected chi connectivity index (χ2v) is 4.20. The van der Waals surface area contributed by atoms with Gasteiger partial charge in [0.2, 0.25) is 0 Å². The van der Waals surface area contributed by atoms with Crippen molar-refractivity contribution < 1.29 is 4.84 Å². The van der Waals surface area contributed by atoms with Crippen molar-refractivity contribution in [3.05, 3.63) is 34.9 Å². The molecular weight excluding hydrogens is 210 g/mol. The normalized spacial score (nSPS) is 19.9. The lowest BCUT2D eigenvalue weighted by Crippen LogP contribution is -2.11. The van der Waals surface area contributed by atoms with Crippen molar-refractivity contribution >= 4 is 17.3 Å². The first-order valence-electron chi connectivity index (χ1n) is 5.07. The lowest BCUT2D eigenvalue weighted by molar-refractivity contribution is 0.102. The summed E-state index contributed by atoms with van der Waals surface area (Å²) in [5, 5.41) is 4.11. The maximum absolute atomic E-state index is 5.74. The maximum Gasteiger partial charge on any atom is 0.146 e. The molecule has 0 saturated heterocycles. The summed E-state index contributed by atoms with van der Waals surface area (Å²) >= 11 is 5.74. The van der Waals surface area contributed by atoms with Crippen LogP contribution < -0.4 is 0 Å². The minimum Gasteiger partial charge on any atom is -0.391 e. The highest BCUT2D eigenvalue weighted by atomic mass is 35.5. The fourth-order valence-corrected chi connectivity index (χ4v) is 2.09. The van der Waals surface area contributed by atoms with Crippen molar-refractivity contribution in [3.63, 3.8) is 0 Å². The highest BCUT2D eigenvalue weighted by Gasteiger charge is 2.23. The Morgan fingerprint density at radius 2 is 2.07 bits per heavy atom. The van der Waals surface area contributed by atoms with E-state index in [-0.39, 0.29) is 6.10 Å². The molecular formula is C12H14ClNO. The molecule has 1 atom stereocenters. The molecule has 1 unspecified atom stereocenters. The highest BCUT2D eigenvalue weighted by Crippen LogP contribution is 2.22. The minimum absolute atomic E-state index is 0.0423. The molecule has 0 fully saturated rings. The van der Waals surface area contributed by atoms with Gasteiger partial charge in [-0.3, -0.25) is 0 Å². The zero-order valence-electron chi connectivity index (χ0n) is 8.96. The van der Waals surface area contributed by atoms with Crippen molar-refractivity contribution in [2.75, 3.05) is 5.88 Å². The van der Waals surface area contributed by atoms with Crippen LogP contribution in [0.15, 0.2) is 23.4 Å². The number of nitrogens with zero attached hydrogens (tertiary/aromatic N) is 1. The van der Waals surface area contributed by atoms with Gasteiger partial charge >= 0.3 is 0 Å². The van der Waals surface area contributed by atoms with Gasteiger partial charge in [-0.05, 0) is 25.0 Å². The van der Waals surface area contributed by atoms with E-state index >= 15 is 0 Å². The molecule has 2 rings (SSSR count). The molecule has 0 aromatic heterocycles. The molecule has 2 nitrogen and oxygen atoms in total. The second kappa shape index (κ2) is 4.23. The first kappa shape index (κ1) is 10.5. The van der Waals surface area contributed by atoms with Crippen molar-refractivity contribution in [1.82, 2.24) is 0 Å². The summed E-state index contributed by atoms with van der Waals surface area (Å²) in [6.45, 7) is 4.19. The Morgan fingerprint density at radius 1 is 1.40 bits per heavy atom.